The topological polar surface area (TPSA) is 72.4 Å². The molecule has 0 spiro atoms. The number of aromatic nitrogens is 2. The molecule has 0 aliphatic rings. The summed E-state index contributed by atoms with van der Waals surface area (Å²) in [6.45, 7) is 4.41. The lowest BCUT2D eigenvalue weighted by Crippen LogP contribution is -2.28. The molecule has 1 heterocycles. The summed E-state index contributed by atoms with van der Waals surface area (Å²) in [5.41, 5.74) is 4.45. The summed E-state index contributed by atoms with van der Waals surface area (Å²) in [6, 6.07) is 8.29. The second-order valence-electron chi connectivity index (χ2n) is 5.22. The monoisotopic (exact) mass is 289 g/mol. The Kier molecular flexibility index (Phi) is 5.92. The van der Waals surface area contributed by atoms with Crippen molar-refractivity contribution >= 4 is 0 Å². The first kappa shape index (κ1) is 15.7. The molecule has 2 aromatic rings. The van der Waals surface area contributed by atoms with Crippen LogP contribution in [0.15, 0.2) is 30.5 Å². The van der Waals surface area contributed by atoms with Crippen LogP contribution in [-0.4, -0.2) is 51.6 Å². The average molecular weight is 289 g/mol. The molecule has 0 saturated carbocycles. The zero-order valence-corrected chi connectivity index (χ0v) is 12.4. The summed E-state index contributed by atoms with van der Waals surface area (Å²) in [5.74, 6) is 0. The van der Waals surface area contributed by atoms with E-state index in [-0.39, 0.29) is 13.2 Å². The van der Waals surface area contributed by atoms with E-state index < -0.39 is 0 Å². The number of nitrogens with zero attached hydrogens (tertiary/aromatic N) is 2. The Hall–Kier alpha value is -1.69. The van der Waals surface area contributed by atoms with Gasteiger partial charge in [0.15, 0.2) is 0 Å². The maximum absolute atomic E-state index is 9.16. The molecular formula is C16H23N3O2. The molecule has 0 bridgehead atoms. The predicted molar refractivity (Wildman–Crippen MR) is 82.8 cm³/mol. The van der Waals surface area contributed by atoms with Crippen molar-refractivity contribution in [1.29, 1.82) is 0 Å². The van der Waals surface area contributed by atoms with Crippen molar-refractivity contribution in [3.63, 3.8) is 0 Å². The smallest absolute Gasteiger partial charge is 0.0695 e. The Balaban J connectivity index is 2.15. The molecule has 0 atom stereocenters. The van der Waals surface area contributed by atoms with Gasteiger partial charge in [-0.05, 0) is 19.4 Å². The molecule has 1 aromatic carbocycles. The van der Waals surface area contributed by atoms with Gasteiger partial charge < -0.3 is 10.2 Å². The van der Waals surface area contributed by atoms with Crippen LogP contribution >= 0.6 is 0 Å². The standard InChI is InChI=1S/C16H23N3O2/c1-13-4-2-5-14(10-13)16-15(11-17-18-16)12-19(7-9-21)6-3-8-20/h2,4-5,10-11,20-21H,3,6-9,12H2,1H3,(H,17,18). The van der Waals surface area contributed by atoms with Crippen molar-refractivity contribution < 1.29 is 10.2 Å². The van der Waals surface area contributed by atoms with E-state index in [9.17, 15) is 0 Å². The van der Waals surface area contributed by atoms with Gasteiger partial charge in [0.05, 0.1) is 18.5 Å². The number of benzene rings is 1. The Morgan fingerprint density at radius 2 is 2.05 bits per heavy atom. The maximum atomic E-state index is 9.16. The molecule has 0 amide bonds. The summed E-state index contributed by atoms with van der Waals surface area (Å²) < 4.78 is 0. The Morgan fingerprint density at radius 3 is 2.76 bits per heavy atom. The van der Waals surface area contributed by atoms with Crippen LogP contribution in [0.25, 0.3) is 11.3 Å². The highest BCUT2D eigenvalue weighted by atomic mass is 16.3. The molecule has 0 saturated heterocycles. The summed E-state index contributed by atoms with van der Waals surface area (Å²) in [7, 11) is 0. The number of aliphatic hydroxyl groups excluding tert-OH is 2. The van der Waals surface area contributed by atoms with Crippen LogP contribution < -0.4 is 0 Å². The molecular weight excluding hydrogens is 266 g/mol. The van der Waals surface area contributed by atoms with Gasteiger partial charge in [0.2, 0.25) is 0 Å². The van der Waals surface area contributed by atoms with Crippen molar-refractivity contribution in [2.45, 2.75) is 19.9 Å². The highest BCUT2D eigenvalue weighted by molar-refractivity contribution is 5.63. The minimum absolute atomic E-state index is 0.114. The van der Waals surface area contributed by atoms with E-state index in [0.717, 1.165) is 23.4 Å². The van der Waals surface area contributed by atoms with E-state index in [0.29, 0.717) is 19.5 Å². The summed E-state index contributed by atoms with van der Waals surface area (Å²) in [6.07, 6.45) is 2.54. The lowest BCUT2D eigenvalue weighted by Gasteiger charge is -2.20. The highest BCUT2D eigenvalue weighted by Crippen LogP contribution is 2.23. The van der Waals surface area contributed by atoms with E-state index in [2.05, 4.69) is 40.2 Å². The normalized spacial score (nSPS) is 11.2. The minimum atomic E-state index is 0.114. The molecule has 3 N–H and O–H groups in total. The van der Waals surface area contributed by atoms with Crippen molar-refractivity contribution in [2.75, 3.05) is 26.3 Å². The number of aromatic amines is 1. The van der Waals surface area contributed by atoms with Crippen LogP contribution in [0.4, 0.5) is 0 Å². The van der Waals surface area contributed by atoms with Gasteiger partial charge in [0.25, 0.3) is 0 Å². The third-order valence-corrected chi connectivity index (χ3v) is 3.47. The molecule has 0 aliphatic heterocycles. The van der Waals surface area contributed by atoms with Gasteiger partial charge >= 0.3 is 0 Å². The van der Waals surface area contributed by atoms with Crippen LogP contribution in [0, 0.1) is 6.92 Å². The van der Waals surface area contributed by atoms with Crippen molar-refractivity contribution in [3.05, 3.63) is 41.6 Å². The molecule has 21 heavy (non-hydrogen) atoms. The molecule has 2 rings (SSSR count). The summed E-state index contributed by atoms with van der Waals surface area (Å²) >= 11 is 0. The van der Waals surface area contributed by atoms with Gasteiger partial charge in [0, 0.05) is 37.4 Å². The fraction of sp³-hybridized carbons (Fsp3) is 0.438. The van der Waals surface area contributed by atoms with Crippen LogP contribution in [0.3, 0.4) is 0 Å². The SMILES string of the molecule is Cc1cccc(-c2[nH]ncc2CN(CCO)CCCO)c1. The van der Waals surface area contributed by atoms with Crippen LogP contribution in [0.2, 0.25) is 0 Å². The predicted octanol–water partition coefficient (Wildman–Crippen LogP) is 1.56. The maximum Gasteiger partial charge on any atom is 0.0695 e. The molecule has 0 aliphatic carbocycles. The van der Waals surface area contributed by atoms with Gasteiger partial charge in [0.1, 0.15) is 0 Å². The minimum Gasteiger partial charge on any atom is -0.396 e. The zero-order chi connectivity index (χ0) is 15.1. The number of rotatable bonds is 8. The van der Waals surface area contributed by atoms with Gasteiger partial charge in [-0.15, -0.1) is 0 Å². The van der Waals surface area contributed by atoms with Crippen molar-refractivity contribution in [1.82, 2.24) is 15.1 Å². The molecule has 5 heteroatoms. The Morgan fingerprint density at radius 1 is 1.19 bits per heavy atom. The third-order valence-electron chi connectivity index (χ3n) is 3.47. The number of aliphatic hydroxyl groups is 2. The summed E-state index contributed by atoms with van der Waals surface area (Å²) in [5, 5.41) is 25.3. The molecule has 0 fully saturated rings. The summed E-state index contributed by atoms with van der Waals surface area (Å²) in [4.78, 5) is 2.13. The lowest BCUT2D eigenvalue weighted by atomic mass is 10.1. The van der Waals surface area contributed by atoms with E-state index >= 15 is 0 Å². The van der Waals surface area contributed by atoms with Crippen molar-refractivity contribution in [3.8, 4) is 11.3 Å². The molecule has 1 aromatic heterocycles. The second-order valence-corrected chi connectivity index (χ2v) is 5.22. The van der Waals surface area contributed by atoms with E-state index in [1.807, 2.05) is 12.3 Å². The van der Waals surface area contributed by atoms with E-state index in [1.165, 1.54) is 5.56 Å². The largest absolute Gasteiger partial charge is 0.396 e. The molecule has 0 radical (unpaired) electrons. The van der Waals surface area contributed by atoms with E-state index in [4.69, 9.17) is 10.2 Å². The van der Waals surface area contributed by atoms with Gasteiger partial charge in [-0.25, -0.2) is 0 Å². The fourth-order valence-electron chi connectivity index (χ4n) is 2.43. The van der Waals surface area contributed by atoms with Gasteiger partial charge in [-0.3, -0.25) is 10.00 Å². The number of hydrogen-bond acceptors (Lipinski definition) is 4. The van der Waals surface area contributed by atoms with E-state index in [1.54, 1.807) is 0 Å². The zero-order valence-electron chi connectivity index (χ0n) is 12.4. The van der Waals surface area contributed by atoms with Crippen LogP contribution in [0.1, 0.15) is 17.5 Å². The average Bonchev–Trinajstić information content (AvgIpc) is 2.93. The van der Waals surface area contributed by atoms with Gasteiger partial charge in [-0.1, -0.05) is 23.8 Å². The highest BCUT2D eigenvalue weighted by Gasteiger charge is 2.12. The first-order valence-electron chi connectivity index (χ1n) is 7.28. The first-order valence-corrected chi connectivity index (χ1v) is 7.28. The number of nitrogens with one attached hydrogen (secondary N) is 1. The Labute approximate surface area is 125 Å². The molecule has 5 nitrogen and oxygen atoms in total. The Bertz CT molecular complexity index is 554. The van der Waals surface area contributed by atoms with Crippen LogP contribution in [0.5, 0.6) is 0 Å². The molecule has 114 valence electrons. The fourth-order valence-corrected chi connectivity index (χ4v) is 2.43. The molecule has 0 unspecified atom stereocenters. The lowest BCUT2D eigenvalue weighted by molar-refractivity contribution is 0.174. The van der Waals surface area contributed by atoms with Crippen LogP contribution in [-0.2, 0) is 6.54 Å². The number of hydrogen-bond donors (Lipinski definition) is 3. The number of H-pyrrole nitrogens is 1. The first-order chi connectivity index (χ1) is 10.2. The third kappa shape index (κ3) is 4.39. The second kappa shape index (κ2) is 7.93. The number of aryl methyl sites for hydroxylation is 1. The quantitative estimate of drug-likeness (QED) is 0.689. The van der Waals surface area contributed by atoms with Crippen molar-refractivity contribution in [2.24, 2.45) is 0 Å². The van der Waals surface area contributed by atoms with Gasteiger partial charge in [-0.2, -0.15) is 5.10 Å².